The number of fused-ring (bicyclic) bond motifs is 2. The highest BCUT2D eigenvalue weighted by Crippen LogP contribution is 2.31. The van der Waals surface area contributed by atoms with E-state index < -0.39 is 0 Å². The maximum absolute atomic E-state index is 5.46. The van der Waals surface area contributed by atoms with Crippen LogP contribution in [-0.2, 0) is 22.6 Å². The highest BCUT2D eigenvalue weighted by Gasteiger charge is 2.22. The third kappa shape index (κ3) is 7.13. The zero-order valence-corrected chi connectivity index (χ0v) is 30.0. The molecule has 4 aliphatic rings. The van der Waals surface area contributed by atoms with Crippen molar-refractivity contribution in [3.05, 3.63) is 155 Å². The summed E-state index contributed by atoms with van der Waals surface area (Å²) in [5.41, 5.74) is 14.0. The summed E-state index contributed by atoms with van der Waals surface area (Å²) in [5.74, 6) is 1.99. The molecule has 0 aliphatic carbocycles. The summed E-state index contributed by atoms with van der Waals surface area (Å²) in [6.45, 7) is 8.01. The van der Waals surface area contributed by atoms with E-state index in [0.29, 0.717) is 0 Å². The van der Waals surface area contributed by atoms with E-state index in [2.05, 4.69) is 90.4 Å². The lowest BCUT2D eigenvalue weighted by molar-refractivity contribution is 0.122. The highest BCUT2D eigenvalue weighted by molar-refractivity contribution is 6.16. The monoisotopic (exact) mass is 712 g/mol. The lowest BCUT2D eigenvalue weighted by Gasteiger charge is -2.28. The Morgan fingerprint density at radius 3 is 1.24 bits per heavy atom. The SMILES string of the molecule is c1cc(-c2ccc3c(c2)C(c2ccnc(N4CCOCC4)c2)=NC3)ccn1.c1cc(-c2ccc3c(c2)C(c2ccnc(N4CCOCC4)c2)=NC3)ccn1. The fourth-order valence-electron chi connectivity index (χ4n) is 7.37. The van der Waals surface area contributed by atoms with Crippen LogP contribution in [0.3, 0.4) is 0 Å². The Labute approximate surface area is 314 Å². The molecule has 0 radical (unpaired) electrons. The van der Waals surface area contributed by atoms with Gasteiger partial charge >= 0.3 is 0 Å². The molecule has 2 saturated heterocycles. The minimum atomic E-state index is 0.733. The number of benzene rings is 2. The number of rotatable bonds is 6. The summed E-state index contributed by atoms with van der Waals surface area (Å²) in [5, 5.41) is 0. The van der Waals surface area contributed by atoms with Gasteiger partial charge in [0.15, 0.2) is 0 Å². The Morgan fingerprint density at radius 1 is 0.407 bits per heavy atom. The average molecular weight is 713 g/mol. The number of hydrogen-bond acceptors (Lipinski definition) is 10. The van der Waals surface area contributed by atoms with E-state index in [0.717, 1.165) is 99.9 Å². The standard InChI is InChI=1S/2C22H20N4O/c2*1-2-19-15-25-22(20(19)13-17(1)16-3-6-23-7-4-16)18-5-8-24-21(14-18)26-9-11-27-12-10-26/h2*1-8,13-14H,9-12,15H2. The van der Waals surface area contributed by atoms with Crippen LogP contribution in [0, 0.1) is 0 Å². The highest BCUT2D eigenvalue weighted by atomic mass is 16.5. The van der Waals surface area contributed by atoms with E-state index in [1.54, 1.807) is 0 Å². The van der Waals surface area contributed by atoms with E-state index in [-0.39, 0.29) is 0 Å². The summed E-state index contributed by atoms with van der Waals surface area (Å²) in [4.78, 5) is 31.6. The third-order valence-corrected chi connectivity index (χ3v) is 10.3. The molecule has 6 aromatic rings. The van der Waals surface area contributed by atoms with Crippen LogP contribution in [-0.4, -0.2) is 84.0 Å². The summed E-state index contributed by atoms with van der Waals surface area (Å²) >= 11 is 0. The second kappa shape index (κ2) is 15.5. The topological polar surface area (TPSA) is 101 Å². The van der Waals surface area contributed by atoms with Crippen LogP contribution < -0.4 is 9.80 Å². The van der Waals surface area contributed by atoms with Gasteiger partial charge in [0.2, 0.25) is 0 Å². The molecular formula is C44H40N8O2. The summed E-state index contributed by atoms with van der Waals surface area (Å²) in [7, 11) is 0. The van der Waals surface area contributed by atoms with Crippen LogP contribution in [0.2, 0.25) is 0 Å². The molecule has 8 heterocycles. The van der Waals surface area contributed by atoms with E-state index in [9.17, 15) is 0 Å². The van der Waals surface area contributed by atoms with Gasteiger partial charge in [-0.3, -0.25) is 20.0 Å². The van der Waals surface area contributed by atoms with E-state index in [1.807, 2.05) is 61.4 Å². The largest absolute Gasteiger partial charge is 0.378 e. The van der Waals surface area contributed by atoms with Gasteiger partial charge < -0.3 is 19.3 Å². The van der Waals surface area contributed by atoms with Gasteiger partial charge in [-0.1, -0.05) is 24.3 Å². The summed E-state index contributed by atoms with van der Waals surface area (Å²) in [6, 6.07) is 29.7. The maximum Gasteiger partial charge on any atom is 0.129 e. The molecule has 4 aromatic heterocycles. The zero-order valence-electron chi connectivity index (χ0n) is 30.0. The molecule has 2 aromatic carbocycles. The van der Waals surface area contributed by atoms with Gasteiger partial charge in [-0.05, 0) is 94.0 Å². The fraction of sp³-hybridized carbons (Fsp3) is 0.227. The van der Waals surface area contributed by atoms with Gasteiger partial charge in [0, 0.05) is 85.6 Å². The first kappa shape index (κ1) is 33.7. The molecule has 4 aliphatic heterocycles. The number of morpholine rings is 2. The Bertz CT molecular complexity index is 2150. The van der Waals surface area contributed by atoms with Gasteiger partial charge in [-0.25, -0.2) is 9.97 Å². The molecule has 0 bridgehead atoms. The van der Waals surface area contributed by atoms with Crippen molar-refractivity contribution in [3.8, 4) is 22.3 Å². The van der Waals surface area contributed by atoms with Crippen molar-refractivity contribution in [1.29, 1.82) is 0 Å². The van der Waals surface area contributed by atoms with Crippen molar-refractivity contribution < 1.29 is 9.47 Å². The Balaban J connectivity index is 0.000000142. The summed E-state index contributed by atoms with van der Waals surface area (Å²) < 4.78 is 10.9. The molecule has 2 fully saturated rings. The van der Waals surface area contributed by atoms with Crippen molar-refractivity contribution in [1.82, 2.24) is 19.9 Å². The molecule has 0 saturated carbocycles. The second-order valence-electron chi connectivity index (χ2n) is 13.5. The first-order chi connectivity index (χ1) is 26.8. The maximum atomic E-state index is 5.46. The van der Waals surface area contributed by atoms with Gasteiger partial charge in [-0.15, -0.1) is 0 Å². The Hall–Kier alpha value is -6.10. The van der Waals surface area contributed by atoms with E-state index in [4.69, 9.17) is 19.5 Å². The van der Waals surface area contributed by atoms with Gasteiger partial charge in [0.25, 0.3) is 0 Å². The van der Waals surface area contributed by atoms with Gasteiger partial charge in [-0.2, -0.15) is 0 Å². The number of aromatic nitrogens is 4. The Morgan fingerprint density at radius 2 is 0.815 bits per heavy atom. The molecule has 10 heteroatoms. The number of anilines is 2. The first-order valence-corrected chi connectivity index (χ1v) is 18.5. The zero-order chi connectivity index (χ0) is 36.1. The molecule has 268 valence electrons. The number of ether oxygens (including phenoxy) is 2. The average Bonchev–Trinajstić information content (AvgIpc) is 3.89. The third-order valence-electron chi connectivity index (χ3n) is 10.3. The molecular weight excluding hydrogens is 673 g/mol. The van der Waals surface area contributed by atoms with Gasteiger partial charge in [0.1, 0.15) is 11.6 Å². The quantitative estimate of drug-likeness (QED) is 0.189. The molecule has 10 rings (SSSR count). The molecule has 0 N–H and O–H groups in total. The second-order valence-corrected chi connectivity index (χ2v) is 13.5. The smallest absolute Gasteiger partial charge is 0.129 e. The predicted molar refractivity (Wildman–Crippen MR) is 213 cm³/mol. The van der Waals surface area contributed by atoms with Crippen molar-refractivity contribution in [2.75, 3.05) is 62.4 Å². The molecule has 0 spiro atoms. The number of aliphatic imine (C=N–C) groups is 2. The molecule has 54 heavy (non-hydrogen) atoms. The van der Waals surface area contributed by atoms with E-state index in [1.165, 1.54) is 44.5 Å². The van der Waals surface area contributed by atoms with Crippen LogP contribution in [0.1, 0.15) is 33.4 Å². The van der Waals surface area contributed by atoms with E-state index >= 15 is 0 Å². The summed E-state index contributed by atoms with van der Waals surface area (Å²) in [6.07, 6.45) is 11.1. The van der Waals surface area contributed by atoms with Crippen molar-refractivity contribution >= 4 is 23.1 Å². The van der Waals surface area contributed by atoms with Crippen LogP contribution in [0.4, 0.5) is 11.6 Å². The van der Waals surface area contributed by atoms with Crippen LogP contribution >= 0.6 is 0 Å². The van der Waals surface area contributed by atoms with Crippen molar-refractivity contribution in [2.45, 2.75) is 13.1 Å². The lowest BCUT2D eigenvalue weighted by Crippen LogP contribution is -2.36. The van der Waals surface area contributed by atoms with Crippen LogP contribution in [0.5, 0.6) is 0 Å². The number of hydrogen-bond donors (Lipinski definition) is 0. The van der Waals surface area contributed by atoms with Crippen molar-refractivity contribution in [2.24, 2.45) is 9.98 Å². The molecule has 0 amide bonds. The minimum absolute atomic E-state index is 0.733. The number of pyridine rings is 4. The van der Waals surface area contributed by atoms with Crippen LogP contribution in [0.15, 0.2) is 132 Å². The lowest BCUT2D eigenvalue weighted by atomic mass is 9.96. The minimum Gasteiger partial charge on any atom is -0.378 e. The molecule has 0 atom stereocenters. The Kier molecular flexibility index (Phi) is 9.66. The number of nitrogens with zero attached hydrogens (tertiary/aromatic N) is 8. The van der Waals surface area contributed by atoms with Gasteiger partial charge in [0.05, 0.1) is 50.9 Å². The fourth-order valence-corrected chi connectivity index (χ4v) is 7.37. The normalized spacial score (nSPS) is 16.1. The molecule has 0 unspecified atom stereocenters. The van der Waals surface area contributed by atoms with Crippen molar-refractivity contribution in [3.63, 3.8) is 0 Å². The molecule has 10 nitrogen and oxygen atoms in total. The first-order valence-electron chi connectivity index (χ1n) is 18.5. The van der Waals surface area contributed by atoms with Crippen LogP contribution in [0.25, 0.3) is 22.3 Å². The predicted octanol–water partition coefficient (Wildman–Crippen LogP) is 6.66.